The van der Waals surface area contributed by atoms with Crippen LogP contribution in [-0.2, 0) is 11.2 Å². The Kier molecular flexibility index (Phi) is 5.37. The van der Waals surface area contributed by atoms with Crippen LogP contribution in [0.1, 0.15) is 25.8 Å². The molecule has 1 fully saturated rings. The minimum absolute atomic E-state index is 0.0954. The predicted molar refractivity (Wildman–Crippen MR) is 86.0 cm³/mol. The number of amides is 1. The van der Waals surface area contributed by atoms with Crippen molar-refractivity contribution in [2.45, 2.75) is 44.9 Å². The molecule has 1 heterocycles. The number of carbonyl (C=O) groups excluding carboxylic acids is 1. The summed E-state index contributed by atoms with van der Waals surface area (Å²) in [6.07, 6.45) is 1.86. The van der Waals surface area contributed by atoms with Crippen LogP contribution in [0.4, 0.5) is 0 Å². The third-order valence-corrected chi connectivity index (χ3v) is 4.06. The molecule has 0 bridgehead atoms. The number of hydrogen-bond acceptors (Lipinski definition) is 3. The largest absolute Gasteiger partial charge is 0.322 e. The van der Waals surface area contributed by atoms with Gasteiger partial charge in [-0.25, -0.2) is 0 Å². The fourth-order valence-electron chi connectivity index (χ4n) is 3.17. The second-order valence-electron chi connectivity index (χ2n) is 6.19. The van der Waals surface area contributed by atoms with E-state index in [1.807, 2.05) is 37.2 Å². The Balaban J connectivity index is 2.08. The third kappa shape index (κ3) is 3.83. The molecule has 0 aromatic heterocycles. The normalized spacial score (nSPS) is 23.9. The van der Waals surface area contributed by atoms with Crippen molar-refractivity contribution in [3.63, 3.8) is 0 Å². The molecule has 1 saturated heterocycles. The van der Waals surface area contributed by atoms with Gasteiger partial charge in [-0.3, -0.25) is 10.1 Å². The quantitative estimate of drug-likeness (QED) is 0.866. The molecular formula is C17H27N3O. The summed E-state index contributed by atoms with van der Waals surface area (Å²) >= 11 is 0. The van der Waals surface area contributed by atoms with Crippen LogP contribution in [0.25, 0.3) is 0 Å². The van der Waals surface area contributed by atoms with E-state index in [1.165, 1.54) is 5.56 Å². The minimum atomic E-state index is -0.0954. The van der Waals surface area contributed by atoms with Crippen LogP contribution in [0.3, 0.4) is 0 Å². The van der Waals surface area contributed by atoms with Gasteiger partial charge in [0.15, 0.2) is 0 Å². The minimum Gasteiger partial charge on any atom is -0.322 e. The van der Waals surface area contributed by atoms with E-state index < -0.39 is 0 Å². The lowest BCUT2D eigenvalue weighted by Gasteiger charge is -2.31. The first-order valence-corrected chi connectivity index (χ1v) is 7.79. The molecule has 1 aromatic rings. The zero-order chi connectivity index (χ0) is 15.4. The lowest BCUT2D eigenvalue weighted by Crippen LogP contribution is -2.47. The molecule has 0 spiro atoms. The number of nitrogens with one attached hydrogen (secondary N) is 1. The molecule has 0 radical (unpaired) electrons. The summed E-state index contributed by atoms with van der Waals surface area (Å²) in [5.74, 6) is 0.236. The highest BCUT2D eigenvalue weighted by molar-refractivity contribution is 5.85. The van der Waals surface area contributed by atoms with Crippen molar-refractivity contribution in [1.29, 1.82) is 0 Å². The van der Waals surface area contributed by atoms with Gasteiger partial charge in [0.1, 0.15) is 0 Å². The Morgan fingerprint density at radius 3 is 2.52 bits per heavy atom. The third-order valence-electron chi connectivity index (χ3n) is 4.06. The highest BCUT2D eigenvalue weighted by atomic mass is 16.2. The van der Waals surface area contributed by atoms with Gasteiger partial charge in [-0.15, -0.1) is 0 Å². The summed E-state index contributed by atoms with van der Waals surface area (Å²) in [4.78, 5) is 16.9. The number of carbonyl (C=O) groups is 1. The Morgan fingerprint density at radius 1 is 1.29 bits per heavy atom. The van der Waals surface area contributed by atoms with Gasteiger partial charge < -0.3 is 9.80 Å². The van der Waals surface area contributed by atoms with E-state index in [2.05, 4.69) is 36.2 Å². The van der Waals surface area contributed by atoms with E-state index in [0.29, 0.717) is 0 Å². The molecule has 1 aliphatic heterocycles. The molecule has 2 rings (SSSR count). The molecule has 0 aliphatic carbocycles. The molecule has 116 valence electrons. The Labute approximate surface area is 128 Å². The summed E-state index contributed by atoms with van der Waals surface area (Å²) in [7, 11) is 4.10. The zero-order valence-electron chi connectivity index (χ0n) is 13.5. The second kappa shape index (κ2) is 7.05. The van der Waals surface area contributed by atoms with Crippen LogP contribution in [-0.4, -0.2) is 54.6 Å². The lowest BCUT2D eigenvalue weighted by atomic mass is 10.1. The fourth-order valence-corrected chi connectivity index (χ4v) is 3.17. The van der Waals surface area contributed by atoms with Crippen LogP contribution in [0.5, 0.6) is 0 Å². The molecule has 3 unspecified atom stereocenters. The van der Waals surface area contributed by atoms with E-state index in [-0.39, 0.29) is 24.2 Å². The number of rotatable bonds is 6. The topological polar surface area (TPSA) is 35.6 Å². The van der Waals surface area contributed by atoms with Gasteiger partial charge in [-0.1, -0.05) is 37.3 Å². The van der Waals surface area contributed by atoms with Gasteiger partial charge in [0.05, 0.1) is 12.2 Å². The first kappa shape index (κ1) is 16.0. The zero-order valence-corrected chi connectivity index (χ0v) is 13.5. The highest BCUT2D eigenvalue weighted by Gasteiger charge is 2.40. The maximum absolute atomic E-state index is 12.7. The van der Waals surface area contributed by atoms with Crippen LogP contribution in [0.2, 0.25) is 0 Å². The van der Waals surface area contributed by atoms with Gasteiger partial charge in [-0.05, 0) is 39.4 Å². The number of benzene rings is 1. The van der Waals surface area contributed by atoms with Gasteiger partial charge >= 0.3 is 0 Å². The van der Waals surface area contributed by atoms with Gasteiger partial charge in [0.2, 0.25) is 5.91 Å². The summed E-state index contributed by atoms with van der Waals surface area (Å²) in [5.41, 5.74) is 1.21. The van der Waals surface area contributed by atoms with Gasteiger partial charge in [-0.2, -0.15) is 0 Å². The predicted octanol–water partition coefficient (Wildman–Crippen LogP) is 1.72. The number of nitrogens with zero attached hydrogens (tertiary/aromatic N) is 2. The second-order valence-corrected chi connectivity index (χ2v) is 6.19. The number of hydrogen-bond donors (Lipinski definition) is 1. The molecule has 1 aliphatic rings. The summed E-state index contributed by atoms with van der Waals surface area (Å²) in [6, 6.07) is 10.4. The van der Waals surface area contributed by atoms with E-state index in [4.69, 9.17) is 0 Å². The molecule has 0 saturated carbocycles. The smallest absolute Gasteiger partial charge is 0.241 e. The Morgan fingerprint density at radius 2 is 1.95 bits per heavy atom. The van der Waals surface area contributed by atoms with Crippen LogP contribution >= 0.6 is 0 Å². The number of likely N-dealkylation sites (N-methyl/N-ethyl adjacent to an activating group) is 1. The Hall–Kier alpha value is -1.39. The van der Waals surface area contributed by atoms with Gasteiger partial charge in [0, 0.05) is 12.6 Å². The van der Waals surface area contributed by atoms with E-state index in [0.717, 1.165) is 19.4 Å². The highest BCUT2D eigenvalue weighted by Crippen LogP contribution is 2.20. The van der Waals surface area contributed by atoms with Crippen molar-refractivity contribution in [2.75, 3.05) is 20.6 Å². The first-order chi connectivity index (χ1) is 10.0. The lowest BCUT2D eigenvalue weighted by molar-refractivity contribution is -0.132. The fraction of sp³-hybridized carbons (Fsp3) is 0.588. The van der Waals surface area contributed by atoms with E-state index >= 15 is 0 Å². The molecule has 4 heteroatoms. The van der Waals surface area contributed by atoms with Crippen molar-refractivity contribution in [1.82, 2.24) is 15.1 Å². The first-order valence-electron chi connectivity index (χ1n) is 7.79. The Bertz CT molecular complexity index is 460. The van der Waals surface area contributed by atoms with Crippen LogP contribution < -0.4 is 5.32 Å². The monoisotopic (exact) mass is 289 g/mol. The van der Waals surface area contributed by atoms with Crippen LogP contribution in [0.15, 0.2) is 30.3 Å². The molecular weight excluding hydrogens is 262 g/mol. The average Bonchev–Trinajstić information content (AvgIpc) is 2.76. The summed E-state index contributed by atoms with van der Waals surface area (Å²) in [5, 5.41) is 3.50. The molecule has 4 nitrogen and oxygen atoms in total. The van der Waals surface area contributed by atoms with Crippen molar-refractivity contribution < 1.29 is 4.79 Å². The SMILES string of the molecule is CCC1NC(Cc2ccccc2)C(=O)N1C(C)CN(C)C. The van der Waals surface area contributed by atoms with E-state index in [1.54, 1.807) is 0 Å². The van der Waals surface area contributed by atoms with Crippen molar-refractivity contribution in [3.05, 3.63) is 35.9 Å². The van der Waals surface area contributed by atoms with Crippen molar-refractivity contribution in [3.8, 4) is 0 Å². The molecule has 1 amide bonds. The van der Waals surface area contributed by atoms with Gasteiger partial charge in [0.25, 0.3) is 0 Å². The molecule has 1 N–H and O–H groups in total. The molecule has 21 heavy (non-hydrogen) atoms. The average molecular weight is 289 g/mol. The van der Waals surface area contributed by atoms with Crippen LogP contribution in [0, 0.1) is 0 Å². The van der Waals surface area contributed by atoms with Crippen molar-refractivity contribution in [2.24, 2.45) is 0 Å². The summed E-state index contributed by atoms with van der Waals surface area (Å²) in [6.45, 7) is 5.15. The maximum Gasteiger partial charge on any atom is 0.241 e. The van der Waals surface area contributed by atoms with E-state index in [9.17, 15) is 4.79 Å². The standard InChI is InChI=1S/C17H27N3O/c1-5-16-18-15(11-14-9-7-6-8-10-14)17(21)20(16)13(2)12-19(3)4/h6-10,13,15-16,18H,5,11-12H2,1-4H3. The maximum atomic E-state index is 12.7. The van der Waals surface area contributed by atoms with Crippen molar-refractivity contribution >= 4 is 5.91 Å². The summed E-state index contributed by atoms with van der Waals surface area (Å²) < 4.78 is 0. The molecule has 3 atom stereocenters. The molecule has 1 aromatic carbocycles.